The molecule has 1 atom stereocenters. The highest BCUT2D eigenvalue weighted by atomic mass is 32.1. The van der Waals surface area contributed by atoms with Crippen molar-refractivity contribution < 1.29 is 9.53 Å². The lowest BCUT2D eigenvalue weighted by Gasteiger charge is -2.14. The number of benzene rings is 1. The first kappa shape index (κ1) is 19.5. The topological polar surface area (TPSA) is 95.2 Å². The van der Waals surface area contributed by atoms with Crippen LogP contribution in [0.2, 0.25) is 0 Å². The normalized spacial score (nSPS) is 16.4. The maximum atomic E-state index is 13.1. The zero-order valence-corrected chi connectivity index (χ0v) is 16.9. The summed E-state index contributed by atoms with van der Waals surface area (Å²) in [6.45, 7) is 3.06. The summed E-state index contributed by atoms with van der Waals surface area (Å²) < 4.78 is 12.1. The number of nitrogens with zero attached hydrogens (tertiary/aromatic N) is 3. The van der Waals surface area contributed by atoms with E-state index in [1.807, 2.05) is 31.2 Å². The molecule has 4 rings (SSSR count). The van der Waals surface area contributed by atoms with Crippen LogP contribution >= 0.6 is 11.5 Å². The summed E-state index contributed by atoms with van der Waals surface area (Å²) in [4.78, 5) is 38.3. The van der Waals surface area contributed by atoms with E-state index < -0.39 is 11.2 Å². The van der Waals surface area contributed by atoms with Crippen molar-refractivity contribution in [1.29, 1.82) is 0 Å². The Bertz CT molecular complexity index is 1140. The van der Waals surface area contributed by atoms with Crippen molar-refractivity contribution in [3.8, 4) is 0 Å². The SMILES string of the molecule is Cc1ccc(Cn2c(=O)c3nscc3n(CC(=O)NC[C@H]3CCCO3)c2=O)cc1. The third-order valence-corrected chi connectivity index (χ3v) is 5.68. The van der Waals surface area contributed by atoms with Crippen LogP contribution in [0.25, 0.3) is 11.0 Å². The molecular formula is C20H22N4O4S. The molecule has 1 fully saturated rings. The van der Waals surface area contributed by atoms with Crippen molar-refractivity contribution in [3.63, 3.8) is 0 Å². The van der Waals surface area contributed by atoms with Crippen LogP contribution in [0.15, 0.2) is 39.2 Å². The number of hydrogen-bond acceptors (Lipinski definition) is 6. The maximum absolute atomic E-state index is 13.1. The summed E-state index contributed by atoms with van der Waals surface area (Å²) in [5, 5.41) is 4.45. The van der Waals surface area contributed by atoms with Crippen LogP contribution in [-0.2, 0) is 22.6 Å². The number of amides is 1. The monoisotopic (exact) mass is 414 g/mol. The Kier molecular flexibility index (Phi) is 5.59. The molecule has 8 nitrogen and oxygen atoms in total. The largest absolute Gasteiger partial charge is 0.376 e. The Balaban J connectivity index is 1.63. The quantitative estimate of drug-likeness (QED) is 0.656. The van der Waals surface area contributed by atoms with Crippen molar-refractivity contribution in [2.75, 3.05) is 13.2 Å². The Morgan fingerprint density at radius 2 is 2.07 bits per heavy atom. The third kappa shape index (κ3) is 4.15. The second kappa shape index (κ2) is 8.30. The van der Waals surface area contributed by atoms with Gasteiger partial charge in [-0.25, -0.2) is 4.79 Å². The Labute approximate surface area is 170 Å². The average molecular weight is 414 g/mol. The minimum absolute atomic E-state index is 0.0222. The molecule has 1 aliphatic heterocycles. The van der Waals surface area contributed by atoms with Gasteiger partial charge >= 0.3 is 5.69 Å². The molecule has 1 aromatic carbocycles. The van der Waals surface area contributed by atoms with Crippen LogP contribution in [0.5, 0.6) is 0 Å². The third-order valence-electron chi connectivity index (χ3n) is 5.07. The maximum Gasteiger partial charge on any atom is 0.332 e. The van der Waals surface area contributed by atoms with Crippen molar-refractivity contribution in [2.45, 2.75) is 39.0 Å². The number of rotatable bonds is 6. The first-order valence-electron chi connectivity index (χ1n) is 9.54. The summed E-state index contributed by atoms with van der Waals surface area (Å²) in [6, 6.07) is 7.62. The summed E-state index contributed by atoms with van der Waals surface area (Å²) in [6.07, 6.45) is 1.93. The minimum Gasteiger partial charge on any atom is -0.376 e. The smallest absolute Gasteiger partial charge is 0.332 e. The molecule has 29 heavy (non-hydrogen) atoms. The van der Waals surface area contributed by atoms with Gasteiger partial charge in [-0.2, -0.15) is 4.37 Å². The first-order valence-corrected chi connectivity index (χ1v) is 10.4. The molecule has 2 aromatic heterocycles. The zero-order valence-electron chi connectivity index (χ0n) is 16.1. The number of carbonyl (C=O) groups excluding carboxylic acids is 1. The van der Waals surface area contributed by atoms with Crippen LogP contribution in [0.4, 0.5) is 0 Å². The van der Waals surface area contributed by atoms with Gasteiger partial charge in [0, 0.05) is 18.5 Å². The van der Waals surface area contributed by atoms with E-state index in [1.165, 1.54) is 4.57 Å². The van der Waals surface area contributed by atoms with E-state index in [1.54, 1.807) is 5.38 Å². The average Bonchev–Trinajstić information content (AvgIpc) is 3.40. The van der Waals surface area contributed by atoms with Gasteiger partial charge in [0.15, 0.2) is 5.52 Å². The van der Waals surface area contributed by atoms with Crippen molar-refractivity contribution in [1.82, 2.24) is 18.8 Å². The van der Waals surface area contributed by atoms with Crippen molar-refractivity contribution in [2.24, 2.45) is 0 Å². The molecule has 3 aromatic rings. The van der Waals surface area contributed by atoms with Crippen LogP contribution in [0.3, 0.4) is 0 Å². The molecule has 0 bridgehead atoms. The molecule has 1 amide bonds. The second-order valence-electron chi connectivity index (χ2n) is 7.23. The predicted molar refractivity (Wildman–Crippen MR) is 110 cm³/mol. The molecular weight excluding hydrogens is 392 g/mol. The van der Waals surface area contributed by atoms with Crippen molar-refractivity contribution in [3.05, 3.63) is 61.6 Å². The summed E-state index contributed by atoms with van der Waals surface area (Å²) >= 11 is 1.09. The summed E-state index contributed by atoms with van der Waals surface area (Å²) in [5.41, 5.74) is 1.56. The number of fused-ring (bicyclic) bond motifs is 1. The highest BCUT2D eigenvalue weighted by molar-refractivity contribution is 7.04. The summed E-state index contributed by atoms with van der Waals surface area (Å²) in [7, 11) is 0. The molecule has 3 heterocycles. The lowest BCUT2D eigenvalue weighted by atomic mass is 10.1. The number of aromatic nitrogens is 3. The van der Waals surface area contributed by atoms with Crippen LogP contribution < -0.4 is 16.6 Å². The summed E-state index contributed by atoms with van der Waals surface area (Å²) in [5.74, 6) is -0.296. The van der Waals surface area contributed by atoms with E-state index in [-0.39, 0.29) is 30.6 Å². The van der Waals surface area contributed by atoms with E-state index in [2.05, 4.69) is 9.69 Å². The molecule has 1 saturated heterocycles. The Hall–Kier alpha value is -2.78. The fourth-order valence-electron chi connectivity index (χ4n) is 3.44. The van der Waals surface area contributed by atoms with Gasteiger partial charge in [0.25, 0.3) is 5.56 Å². The molecule has 0 spiro atoms. The van der Waals surface area contributed by atoms with Gasteiger partial charge in [0.2, 0.25) is 5.91 Å². The number of nitrogens with one attached hydrogen (secondary N) is 1. The van der Waals surface area contributed by atoms with E-state index in [0.29, 0.717) is 18.7 Å². The predicted octanol–water partition coefficient (Wildman–Crippen LogP) is 1.27. The highest BCUT2D eigenvalue weighted by Gasteiger charge is 2.19. The van der Waals surface area contributed by atoms with Crippen LogP contribution in [0, 0.1) is 6.92 Å². The van der Waals surface area contributed by atoms with Gasteiger partial charge < -0.3 is 10.1 Å². The van der Waals surface area contributed by atoms with E-state index in [0.717, 1.165) is 40.1 Å². The number of carbonyl (C=O) groups is 1. The number of ether oxygens (including phenoxy) is 1. The molecule has 1 aliphatic rings. The van der Waals surface area contributed by atoms with Gasteiger partial charge in [0.05, 0.1) is 18.2 Å². The van der Waals surface area contributed by atoms with Gasteiger partial charge in [-0.3, -0.25) is 18.7 Å². The molecule has 0 aliphatic carbocycles. The van der Waals surface area contributed by atoms with Gasteiger partial charge in [-0.15, -0.1) is 0 Å². The molecule has 0 saturated carbocycles. The Morgan fingerprint density at radius 3 is 2.79 bits per heavy atom. The number of aryl methyl sites for hydroxylation is 1. The number of hydrogen-bond donors (Lipinski definition) is 1. The highest BCUT2D eigenvalue weighted by Crippen LogP contribution is 2.12. The molecule has 0 radical (unpaired) electrons. The lowest BCUT2D eigenvalue weighted by molar-refractivity contribution is -0.122. The van der Waals surface area contributed by atoms with E-state index in [9.17, 15) is 14.4 Å². The fraction of sp³-hybridized carbons (Fsp3) is 0.400. The van der Waals surface area contributed by atoms with Gasteiger partial charge in [-0.1, -0.05) is 29.8 Å². The van der Waals surface area contributed by atoms with E-state index in [4.69, 9.17) is 4.74 Å². The lowest BCUT2D eigenvalue weighted by Crippen LogP contribution is -2.43. The Morgan fingerprint density at radius 1 is 1.28 bits per heavy atom. The zero-order chi connectivity index (χ0) is 20.4. The van der Waals surface area contributed by atoms with Gasteiger partial charge in [-0.05, 0) is 36.9 Å². The van der Waals surface area contributed by atoms with E-state index >= 15 is 0 Å². The minimum atomic E-state index is -0.518. The second-order valence-corrected chi connectivity index (χ2v) is 7.86. The van der Waals surface area contributed by atoms with Crippen molar-refractivity contribution >= 4 is 28.5 Å². The van der Waals surface area contributed by atoms with Crippen LogP contribution in [-0.4, -0.2) is 38.7 Å². The first-order chi connectivity index (χ1) is 14.0. The van der Waals surface area contributed by atoms with Gasteiger partial charge in [0.1, 0.15) is 6.54 Å². The van der Waals surface area contributed by atoms with Crippen LogP contribution in [0.1, 0.15) is 24.0 Å². The standard InChI is InChI=1S/C20H22N4O4S/c1-13-4-6-14(7-5-13)10-24-19(26)18-16(12-29-22-18)23(20(24)27)11-17(25)21-9-15-3-2-8-28-15/h4-7,12,15H,2-3,8-11H2,1H3,(H,21,25)/t15-/m1/s1. The molecule has 0 unspecified atom stereocenters. The molecule has 152 valence electrons. The fourth-order valence-corrected chi connectivity index (χ4v) is 4.10. The molecule has 1 N–H and O–H groups in total. The molecule has 9 heteroatoms.